The zero-order valence-corrected chi connectivity index (χ0v) is 13.2. The molecular weight excluding hydrogens is 310 g/mol. The quantitative estimate of drug-likeness (QED) is 0.847. The number of nitrogens with one attached hydrogen (secondary N) is 1. The van der Waals surface area contributed by atoms with Crippen LogP contribution in [0.3, 0.4) is 0 Å². The van der Waals surface area contributed by atoms with Crippen molar-refractivity contribution in [2.45, 2.75) is 4.90 Å². The molecular formula is C14H16ClN3O2S. The molecule has 21 heavy (non-hydrogen) atoms. The summed E-state index contributed by atoms with van der Waals surface area (Å²) in [6.07, 6.45) is 0. The Bertz CT molecular complexity index is 743. The number of sulfonamides is 1. The van der Waals surface area contributed by atoms with E-state index in [2.05, 4.69) is 5.32 Å². The molecule has 0 saturated heterocycles. The molecule has 0 atom stereocenters. The molecule has 0 saturated carbocycles. The van der Waals surface area contributed by atoms with Gasteiger partial charge in [-0.1, -0.05) is 11.6 Å². The fourth-order valence-corrected chi connectivity index (χ4v) is 2.78. The van der Waals surface area contributed by atoms with Crippen molar-refractivity contribution >= 4 is 38.7 Å². The Labute approximate surface area is 129 Å². The molecule has 0 spiro atoms. The molecule has 0 aromatic heterocycles. The first-order chi connectivity index (χ1) is 9.80. The van der Waals surface area contributed by atoms with Crippen LogP contribution >= 0.6 is 11.6 Å². The lowest BCUT2D eigenvalue weighted by Crippen LogP contribution is -2.22. The van der Waals surface area contributed by atoms with Crippen molar-refractivity contribution in [2.24, 2.45) is 0 Å². The number of anilines is 3. The Morgan fingerprint density at radius 2 is 1.71 bits per heavy atom. The number of nitrogen functional groups attached to an aromatic ring is 1. The lowest BCUT2D eigenvalue weighted by molar-refractivity contribution is 0.521. The van der Waals surface area contributed by atoms with Gasteiger partial charge in [0, 0.05) is 24.8 Å². The summed E-state index contributed by atoms with van der Waals surface area (Å²) in [5, 5.41) is 3.75. The van der Waals surface area contributed by atoms with Gasteiger partial charge < -0.3 is 11.1 Å². The van der Waals surface area contributed by atoms with Crippen LogP contribution in [-0.2, 0) is 10.0 Å². The summed E-state index contributed by atoms with van der Waals surface area (Å²) in [6, 6.07) is 11.7. The van der Waals surface area contributed by atoms with E-state index in [9.17, 15) is 8.42 Å². The van der Waals surface area contributed by atoms with Gasteiger partial charge in [0.15, 0.2) is 0 Å². The fraction of sp³-hybridized carbons (Fsp3) is 0.143. The SMILES string of the molecule is CN(C)S(=O)(=O)c1ccc(Nc2ccc(Cl)cc2)c(N)c1. The molecule has 0 aliphatic rings. The predicted molar refractivity (Wildman–Crippen MR) is 86.5 cm³/mol. The van der Waals surface area contributed by atoms with E-state index in [1.165, 1.54) is 26.2 Å². The first-order valence-electron chi connectivity index (χ1n) is 6.15. The second-order valence-corrected chi connectivity index (χ2v) is 7.26. The molecule has 0 heterocycles. The van der Waals surface area contributed by atoms with Crippen molar-refractivity contribution < 1.29 is 8.42 Å². The number of benzene rings is 2. The number of rotatable bonds is 4. The maximum atomic E-state index is 12.0. The number of hydrogen-bond donors (Lipinski definition) is 2. The highest BCUT2D eigenvalue weighted by molar-refractivity contribution is 7.89. The maximum Gasteiger partial charge on any atom is 0.242 e. The highest BCUT2D eigenvalue weighted by atomic mass is 35.5. The standard InChI is InChI=1S/C14H16ClN3O2S/c1-18(2)21(19,20)12-7-8-14(13(16)9-12)17-11-5-3-10(15)4-6-11/h3-9,17H,16H2,1-2H3. The largest absolute Gasteiger partial charge is 0.397 e. The molecule has 0 aliphatic heterocycles. The number of hydrogen-bond acceptors (Lipinski definition) is 4. The van der Waals surface area contributed by atoms with Crippen molar-refractivity contribution in [3.63, 3.8) is 0 Å². The first kappa shape index (κ1) is 15.6. The van der Waals surface area contributed by atoms with Crippen LogP contribution in [0.25, 0.3) is 0 Å². The zero-order valence-electron chi connectivity index (χ0n) is 11.7. The Balaban J connectivity index is 2.30. The van der Waals surface area contributed by atoms with Crippen molar-refractivity contribution in [3.05, 3.63) is 47.5 Å². The number of nitrogens with zero attached hydrogens (tertiary/aromatic N) is 1. The average molecular weight is 326 g/mol. The van der Waals surface area contributed by atoms with Crippen LogP contribution in [0, 0.1) is 0 Å². The minimum atomic E-state index is -3.49. The molecule has 2 rings (SSSR count). The van der Waals surface area contributed by atoms with E-state index in [1.54, 1.807) is 18.2 Å². The summed E-state index contributed by atoms with van der Waals surface area (Å²) >= 11 is 5.82. The molecule has 2 aromatic carbocycles. The van der Waals surface area contributed by atoms with Gasteiger partial charge in [0.2, 0.25) is 10.0 Å². The van der Waals surface area contributed by atoms with Crippen molar-refractivity contribution in [3.8, 4) is 0 Å². The highest BCUT2D eigenvalue weighted by Crippen LogP contribution is 2.27. The van der Waals surface area contributed by atoms with Gasteiger partial charge in [-0.05, 0) is 42.5 Å². The van der Waals surface area contributed by atoms with E-state index in [0.717, 1.165) is 9.99 Å². The molecule has 0 fully saturated rings. The van der Waals surface area contributed by atoms with Gasteiger partial charge in [0.25, 0.3) is 0 Å². The monoisotopic (exact) mass is 325 g/mol. The summed E-state index contributed by atoms with van der Waals surface area (Å²) < 4.78 is 25.2. The van der Waals surface area contributed by atoms with E-state index >= 15 is 0 Å². The molecule has 0 unspecified atom stereocenters. The van der Waals surface area contributed by atoms with Gasteiger partial charge in [-0.2, -0.15) is 0 Å². The van der Waals surface area contributed by atoms with Crippen LogP contribution in [0.1, 0.15) is 0 Å². The zero-order chi connectivity index (χ0) is 15.6. The van der Waals surface area contributed by atoms with Crippen LogP contribution in [0.4, 0.5) is 17.1 Å². The van der Waals surface area contributed by atoms with E-state index in [-0.39, 0.29) is 4.90 Å². The van der Waals surface area contributed by atoms with Crippen LogP contribution in [0.2, 0.25) is 5.02 Å². The van der Waals surface area contributed by atoms with Crippen molar-refractivity contribution in [1.29, 1.82) is 0 Å². The molecule has 0 amide bonds. The van der Waals surface area contributed by atoms with Crippen LogP contribution in [-0.4, -0.2) is 26.8 Å². The number of nitrogens with two attached hydrogens (primary N) is 1. The van der Waals surface area contributed by atoms with Gasteiger partial charge in [0.1, 0.15) is 0 Å². The third-order valence-electron chi connectivity index (χ3n) is 2.92. The average Bonchev–Trinajstić information content (AvgIpc) is 2.43. The third-order valence-corrected chi connectivity index (χ3v) is 4.99. The van der Waals surface area contributed by atoms with Crippen molar-refractivity contribution in [2.75, 3.05) is 25.1 Å². The topological polar surface area (TPSA) is 75.4 Å². The molecule has 7 heteroatoms. The Hall–Kier alpha value is -1.76. The maximum absolute atomic E-state index is 12.0. The smallest absolute Gasteiger partial charge is 0.242 e. The van der Waals surface area contributed by atoms with Crippen LogP contribution in [0.5, 0.6) is 0 Å². The molecule has 0 bridgehead atoms. The lowest BCUT2D eigenvalue weighted by atomic mass is 10.2. The predicted octanol–water partition coefficient (Wildman–Crippen LogP) is 2.92. The Morgan fingerprint density at radius 1 is 1.10 bits per heavy atom. The minimum Gasteiger partial charge on any atom is -0.397 e. The molecule has 5 nitrogen and oxygen atoms in total. The first-order valence-corrected chi connectivity index (χ1v) is 7.97. The Kier molecular flexibility index (Phi) is 4.41. The van der Waals surface area contributed by atoms with Gasteiger partial charge >= 0.3 is 0 Å². The summed E-state index contributed by atoms with van der Waals surface area (Å²) in [7, 11) is -0.531. The highest BCUT2D eigenvalue weighted by Gasteiger charge is 2.18. The molecule has 0 radical (unpaired) electrons. The van der Waals surface area contributed by atoms with Gasteiger partial charge in [-0.15, -0.1) is 0 Å². The van der Waals surface area contributed by atoms with Crippen LogP contribution < -0.4 is 11.1 Å². The summed E-state index contributed by atoms with van der Waals surface area (Å²) in [4.78, 5) is 0.159. The van der Waals surface area contributed by atoms with Gasteiger partial charge in [-0.3, -0.25) is 0 Å². The molecule has 112 valence electrons. The molecule has 2 aromatic rings. The summed E-state index contributed by atoms with van der Waals surface area (Å²) in [5.41, 5.74) is 7.73. The summed E-state index contributed by atoms with van der Waals surface area (Å²) in [6.45, 7) is 0. The Morgan fingerprint density at radius 3 is 2.24 bits per heavy atom. The summed E-state index contributed by atoms with van der Waals surface area (Å²) in [5.74, 6) is 0. The molecule has 0 aliphatic carbocycles. The van der Waals surface area contributed by atoms with Crippen LogP contribution in [0.15, 0.2) is 47.4 Å². The van der Waals surface area contributed by atoms with E-state index in [0.29, 0.717) is 16.4 Å². The minimum absolute atomic E-state index is 0.159. The normalized spacial score (nSPS) is 11.6. The lowest BCUT2D eigenvalue weighted by Gasteiger charge is -2.14. The second-order valence-electron chi connectivity index (χ2n) is 4.67. The van der Waals surface area contributed by atoms with Crippen molar-refractivity contribution in [1.82, 2.24) is 4.31 Å². The van der Waals surface area contributed by atoms with Gasteiger partial charge in [0.05, 0.1) is 16.3 Å². The fourth-order valence-electron chi connectivity index (χ4n) is 1.71. The van der Waals surface area contributed by atoms with E-state index < -0.39 is 10.0 Å². The van der Waals surface area contributed by atoms with Gasteiger partial charge in [-0.25, -0.2) is 12.7 Å². The molecule has 3 N–H and O–H groups in total. The number of halogens is 1. The third kappa shape index (κ3) is 3.47. The second kappa shape index (κ2) is 5.93. The van der Waals surface area contributed by atoms with E-state index in [1.807, 2.05) is 12.1 Å². The van der Waals surface area contributed by atoms with E-state index in [4.69, 9.17) is 17.3 Å².